The van der Waals surface area contributed by atoms with E-state index in [-0.39, 0.29) is 0 Å². The maximum Gasteiger partial charge on any atom is 0.0798 e. The van der Waals surface area contributed by atoms with Crippen LogP contribution in [0.2, 0.25) is 0 Å². The summed E-state index contributed by atoms with van der Waals surface area (Å²) < 4.78 is 1.12. The Morgan fingerprint density at radius 2 is 2.00 bits per heavy atom. The Hall–Kier alpha value is -0.710. The molecule has 1 N–H and O–H groups in total. The van der Waals surface area contributed by atoms with Gasteiger partial charge in [0.05, 0.1) is 11.2 Å². The Kier molecular flexibility index (Phi) is 4.09. The fourth-order valence-corrected chi connectivity index (χ4v) is 2.43. The van der Waals surface area contributed by atoms with E-state index in [9.17, 15) is 0 Å². The molecule has 0 saturated carbocycles. The minimum absolute atomic E-state index is 0.893. The van der Waals surface area contributed by atoms with E-state index >= 15 is 0 Å². The molecule has 1 heterocycles. The van der Waals surface area contributed by atoms with Crippen LogP contribution < -0.4 is 5.32 Å². The summed E-state index contributed by atoms with van der Waals surface area (Å²) in [5, 5.41) is 3.42. The number of aryl methyl sites for hydroxylation is 1. The van der Waals surface area contributed by atoms with Crippen LogP contribution in [-0.4, -0.2) is 4.98 Å². The average molecular weight is 297 g/mol. The van der Waals surface area contributed by atoms with Gasteiger partial charge in [0.2, 0.25) is 0 Å². The lowest BCUT2D eigenvalue weighted by Crippen LogP contribution is -2.12. The molecule has 2 rings (SSSR count). The third-order valence-electron chi connectivity index (χ3n) is 2.37. The van der Waals surface area contributed by atoms with Gasteiger partial charge >= 0.3 is 0 Å². The largest absolute Gasteiger partial charge is 0.308 e. The summed E-state index contributed by atoms with van der Waals surface area (Å²) in [5.41, 5.74) is 4.32. The smallest absolute Gasteiger partial charge is 0.0798 e. The number of halogens is 1. The highest BCUT2D eigenvalue weighted by Gasteiger charge is 2.00. The minimum atomic E-state index is 0.893. The van der Waals surface area contributed by atoms with Gasteiger partial charge < -0.3 is 5.32 Å². The summed E-state index contributed by atoms with van der Waals surface area (Å²) in [7, 11) is 0. The third kappa shape index (κ3) is 3.14. The summed E-state index contributed by atoms with van der Waals surface area (Å²) in [6.45, 7) is 3.84. The summed E-state index contributed by atoms with van der Waals surface area (Å²) in [6, 6.07) is 8.37. The van der Waals surface area contributed by atoms with Crippen LogP contribution in [-0.2, 0) is 13.1 Å². The Balaban J connectivity index is 1.84. The number of aromatic nitrogens is 1. The number of thiazole rings is 1. The third-order valence-corrected chi connectivity index (χ3v) is 3.84. The van der Waals surface area contributed by atoms with Crippen molar-refractivity contribution in [1.29, 1.82) is 0 Å². The van der Waals surface area contributed by atoms with Gasteiger partial charge in [0.25, 0.3) is 0 Å². The lowest BCUT2D eigenvalue weighted by atomic mass is 10.2. The van der Waals surface area contributed by atoms with Crippen LogP contribution in [0.25, 0.3) is 0 Å². The van der Waals surface area contributed by atoms with E-state index < -0.39 is 0 Å². The molecule has 0 spiro atoms. The topological polar surface area (TPSA) is 24.9 Å². The molecule has 0 saturated heterocycles. The highest BCUT2D eigenvalue weighted by molar-refractivity contribution is 9.10. The summed E-state index contributed by atoms with van der Waals surface area (Å²) >= 11 is 5.13. The first-order valence-corrected chi connectivity index (χ1v) is 6.77. The van der Waals surface area contributed by atoms with Gasteiger partial charge in [-0.1, -0.05) is 28.1 Å². The number of nitrogens with one attached hydrogen (secondary N) is 1. The van der Waals surface area contributed by atoms with Crippen molar-refractivity contribution in [2.75, 3.05) is 0 Å². The Bertz CT molecular complexity index is 450. The zero-order chi connectivity index (χ0) is 11.4. The van der Waals surface area contributed by atoms with E-state index in [0.717, 1.165) is 23.3 Å². The van der Waals surface area contributed by atoms with E-state index in [4.69, 9.17) is 0 Å². The lowest BCUT2D eigenvalue weighted by molar-refractivity contribution is 0.697. The van der Waals surface area contributed by atoms with Gasteiger partial charge in [0.15, 0.2) is 0 Å². The van der Waals surface area contributed by atoms with Crippen molar-refractivity contribution in [2.45, 2.75) is 20.0 Å². The Labute approximate surface area is 108 Å². The standard InChI is InChI=1S/C12H13BrN2S/c1-9-12(16-8-15-9)7-14-6-10-2-4-11(13)5-3-10/h2-5,8,14H,6-7H2,1H3. The van der Waals surface area contributed by atoms with E-state index in [1.165, 1.54) is 10.4 Å². The molecule has 1 aromatic heterocycles. The van der Waals surface area contributed by atoms with Gasteiger partial charge in [0, 0.05) is 22.4 Å². The molecule has 0 radical (unpaired) electrons. The van der Waals surface area contributed by atoms with E-state index in [0.29, 0.717) is 0 Å². The second-order valence-electron chi connectivity index (χ2n) is 3.59. The van der Waals surface area contributed by atoms with Crippen LogP contribution in [0.1, 0.15) is 16.1 Å². The summed E-state index contributed by atoms with van der Waals surface area (Å²) in [5.74, 6) is 0. The molecule has 0 amide bonds. The quantitative estimate of drug-likeness (QED) is 0.934. The zero-order valence-electron chi connectivity index (χ0n) is 9.03. The molecular weight excluding hydrogens is 284 g/mol. The van der Waals surface area contributed by atoms with Crippen molar-refractivity contribution < 1.29 is 0 Å². The zero-order valence-corrected chi connectivity index (χ0v) is 11.4. The van der Waals surface area contributed by atoms with Gasteiger partial charge in [-0.25, -0.2) is 4.98 Å². The molecule has 0 aliphatic carbocycles. The number of nitrogens with zero attached hydrogens (tertiary/aromatic N) is 1. The molecule has 2 nitrogen and oxygen atoms in total. The molecule has 2 aromatic rings. The molecule has 0 atom stereocenters. The molecule has 0 aliphatic rings. The molecule has 84 valence electrons. The van der Waals surface area contributed by atoms with Crippen LogP contribution >= 0.6 is 27.3 Å². The molecule has 0 fully saturated rings. The number of hydrogen-bond donors (Lipinski definition) is 1. The molecule has 4 heteroatoms. The normalized spacial score (nSPS) is 10.6. The van der Waals surface area contributed by atoms with Crippen molar-refractivity contribution in [2.24, 2.45) is 0 Å². The second kappa shape index (κ2) is 5.57. The van der Waals surface area contributed by atoms with E-state index in [2.05, 4.69) is 50.5 Å². The lowest BCUT2D eigenvalue weighted by Gasteiger charge is -2.04. The molecule has 0 aliphatic heterocycles. The molecule has 0 unspecified atom stereocenters. The van der Waals surface area contributed by atoms with Crippen LogP contribution in [0.4, 0.5) is 0 Å². The fraction of sp³-hybridized carbons (Fsp3) is 0.250. The van der Waals surface area contributed by atoms with Gasteiger partial charge in [-0.05, 0) is 24.6 Å². The van der Waals surface area contributed by atoms with Crippen molar-refractivity contribution in [1.82, 2.24) is 10.3 Å². The molecular formula is C12H13BrN2S. The second-order valence-corrected chi connectivity index (χ2v) is 5.45. The van der Waals surface area contributed by atoms with Crippen LogP contribution in [0.5, 0.6) is 0 Å². The van der Waals surface area contributed by atoms with E-state index in [1.807, 2.05) is 12.4 Å². The highest BCUT2D eigenvalue weighted by Crippen LogP contribution is 2.13. The maximum atomic E-state index is 4.23. The minimum Gasteiger partial charge on any atom is -0.308 e. The number of benzene rings is 1. The van der Waals surface area contributed by atoms with Crippen LogP contribution in [0, 0.1) is 6.92 Å². The van der Waals surface area contributed by atoms with Gasteiger partial charge in [-0.3, -0.25) is 0 Å². The SMILES string of the molecule is Cc1ncsc1CNCc1ccc(Br)cc1. The van der Waals surface area contributed by atoms with E-state index in [1.54, 1.807) is 11.3 Å². The van der Waals surface area contributed by atoms with Crippen LogP contribution in [0.15, 0.2) is 34.2 Å². The fourth-order valence-electron chi connectivity index (χ4n) is 1.42. The first-order valence-electron chi connectivity index (χ1n) is 5.10. The predicted molar refractivity (Wildman–Crippen MR) is 71.5 cm³/mol. The first-order chi connectivity index (χ1) is 7.75. The molecule has 1 aromatic carbocycles. The van der Waals surface area contributed by atoms with Crippen molar-refractivity contribution in [3.63, 3.8) is 0 Å². The highest BCUT2D eigenvalue weighted by atomic mass is 79.9. The molecule has 0 bridgehead atoms. The first kappa shape index (κ1) is 11.8. The van der Waals surface area contributed by atoms with Crippen molar-refractivity contribution >= 4 is 27.3 Å². The number of rotatable bonds is 4. The average Bonchev–Trinajstić information content (AvgIpc) is 2.68. The molecule has 16 heavy (non-hydrogen) atoms. The summed E-state index contributed by atoms with van der Waals surface area (Å²) in [6.07, 6.45) is 0. The Morgan fingerprint density at radius 1 is 1.25 bits per heavy atom. The van der Waals surface area contributed by atoms with Crippen LogP contribution in [0.3, 0.4) is 0 Å². The van der Waals surface area contributed by atoms with Gasteiger partial charge in [0.1, 0.15) is 0 Å². The number of hydrogen-bond acceptors (Lipinski definition) is 3. The van der Waals surface area contributed by atoms with Gasteiger partial charge in [-0.2, -0.15) is 0 Å². The predicted octanol–water partition coefficient (Wildman–Crippen LogP) is 3.50. The Morgan fingerprint density at radius 3 is 2.62 bits per heavy atom. The monoisotopic (exact) mass is 296 g/mol. The van der Waals surface area contributed by atoms with Gasteiger partial charge in [-0.15, -0.1) is 11.3 Å². The van der Waals surface area contributed by atoms with Crippen molar-refractivity contribution in [3.05, 3.63) is 50.4 Å². The van der Waals surface area contributed by atoms with Crippen molar-refractivity contribution in [3.8, 4) is 0 Å². The summed E-state index contributed by atoms with van der Waals surface area (Å²) in [4.78, 5) is 5.54. The maximum absolute atomic E-state index is 4.23.